The van der Waals surface area contributed by atoms with Crippen LogP contribution in [0.15, 0.2) is 182 Å². The summed E-state index contributed by atoms with van der Waals surface area (Å²) in [6.45, 7) is 9.71. The fraction of sp³-hybridized carbons (Fsp3) is 0.100. The highest BCUT2D eigenvalue weighted by atomic mass is 14.4. The fourth-order valence-electron chi connectivity index (χ4n) is 12.0. The van der Waals surface area contributed by atoms with Crippen LogP contribution in [0.5, 0.6) is 0 Å². The minimum Gasteiger partial charge on any atom is -0.0619 e. The molecule has 11 aromatic carbocycles. The molecule has 0 heterocycles. The Kier molecular flexibility index (Phi) is 6.67. The van der Waals surface area contributed by atoms with E-state index in [1.54, 1.807) is 0 Å². The molecule has 0 aliphatic heterocycles. The predicted octanol–water partition coefficient (Wildman–Crippen LogP) is 16.6. The van der Waals surface area contributed by atoms with E-state index in [0.717, 1.165) is 0 Å². The molecule has 11 aromatic rings. The van der Waals surface area contributed by atoms with Crippen LogP contribution in [0.2, 0.25) is 0 Å². The van der Waals surface area contributed by atoms with Crippen LogP contribution in [-0.4, -0.2) is 0 Å². The van der Waals surface area contributed by atoms with E-state index >= 15 is 0 Å². The van der Waals surface area contributed by atoms with Crippen molar-refractivity contribution in [2.75, 3.05) is 0 Å². The predicted molar refractivity (Wildman–Crippen MR) is 257 cm³/mol. The third-order valence-corrected chi connectivity index (χ3v) is 14.6. The van der Waals surface area contributed by atoms with E-state index in [1.165, 1.54) is 131 Å². The summed E-state index contributed by atoms with van der Waals surface area (Å²) in [4.78, 5) is 0. The molecule has 0 spiro atoms. The number of hydrogen-bond acceptors (Lipinski definition) is 0. The van der Waals surface area contributed by atoms with E-state index in [0.29, 0.717) is 0 Å². The van der Waals surface area contributed by atoms with Crippen molar-refractivity contribution in [3.05, 3.63) is 204 Å². The van der Waals surface area contributed by atoms with Crippen LogP contribution in [0.4, 0.5) is 0 Å². The second-order valence-electron chi connectivity index (χ2n) is 18.3. The molecule has 2 aliphatic rings. The average Bonchev–Trinajstić information content (AvgIpc) is 3.68. The lowest BCUT2D eigenvalue weighted by Crippen LogP contribution is -2.16. The molecule has 0 atom stereocenters. The van der Waals surface area contributed by atoms with Gasteiger partial charge in [-0.2, -0.15) is 0 Å². The van der Waals surface area contributed by atoms with Gasteiger partial charge in [-0.25, -0.2) is 0 Å². The Balaban J connectivity index is 1.16. The normalized spacial score (nSPS) is 14.6. The molecule has 0 saturated carbocycles. The van der Waals surface area contributed by atoms with Gasteiger partial charge < -0.3 is 0 Å². The molecule has 0 amide bonds. The number of rotatable bonds is 2. The van der Waals surface area contributed by atoms with E-state index in [2.05, 4.69) is 210 Å². The zero-order valence-electron chi connectivity index (χ0n) is 34.3. The van der Waals surface area contributed by atoms with Gasteiger partial charge in [0.05, 0.1) is 0 Å². The Morgan fingerprint density at radius 2 is 0.567 bits per heavy atom. The van der Waals surface area contributed by atoms with Crippen molar-refractivity contribution in [3.63, 3.8) is 0 Å². The van der Waals surface area contributed by atoms with Crippen molar-refractivity contribution >= 4 is 64.6 Å². The lowest BCUT2D eigenvalue weighted by molar-refractivity contribution is 0.661. The van der Waals surface area contributed by atoms with Crippen LogP contribution in [-0.2, 0) is 10.8 Å². The second kappa shape index (κ2) is 11.8. The minimum atomic E-state index is -0.230. The smallest absolute Gasteiger partial charge is 0.0165 e. The molecule has 0 saturated heterocycles. The van der Waals surface area contributed by atoms with Crippen LogP contribution >= 0.6 is 0 Å². The molecule has 13 rings (SSSR count). The van der Waals surface area contributed by atoms with E-state index in [9.17, 15) is 0 Å². The lowest BCUT2D eigenvalue weighted by Gasteiger charge is -2.26. The molecule has 0 nitrogen and oxygen atoms in total. The molecule has 0 unspecified atom stereocenters. The van der Waals surface area contributed by atoms with Crippen LogP contribution in [0.3, 0.4) is 0 Å². The molecule has 0 fully saturated rings. The molecule has 282 valence electrons. The standard InChI is InChI=1S/C60H42/c1-59(2)50-32-18-17-31-47(50)55-39-23-9-6-21-37(39)48(33-51(55)59)53-42-26-12-14-28-44(42)54(45-29-15-13-27-43(45)53)49-34-52-56(40-24-10-7-22-38(40)49)57-41-25-11-5-19-35(41)36-20-8-16-30-46(36)58(57)60(52,3)4/h5-34H,1-4H3. The first-order valence-electron chi connectivity index (χ1n) is 21.4. The average molecular weight is 763 g/mol. The van der Waals surface area contributed by atoms with Gasteiger partial charge in [0.15, 0.2) is 0 Å². The van der Waals surface area contributed by atoms with Crippen LogP contribution in [0.25, 0.3) is 109 Å². The van der Waals surface area contributed by atoms with Gasteiger partial charge in [-0.05, 0) is 144 Å². The summed E-state index contributed by atoms with van der Waals surface area (Å²) in [7, 11) is 0. The van der Waals surface area contributed by atoms with Crippen molar-refractivity contribution in [2.24, 2.45) is 0 Å². The maximum atomic E-state index is 2.58. The van der Waals surface area contributed by atoms with Crippen molar-refractivity contribution in [2.45, 2.75) is 38.5 Å². The van der Waals surface area contributed by atoms with Gasteiger partial charge in [-0.3, -0.25) is 0 Å². The van der Waals surface area contributed by atoms with Crippen molar-refractivity contribution in [3.8, 4) is 44.5 Å². The summed E-state index contributed by atoms with van der Waals surface area (Å²) in [5.41, 5.74) is 16.0. The largest absolute Gasteiger partial charge is 0.0619 e. The lowest BCUT2D eigenvalue weighted by atomic mass is 9.77. The fourth-order valence-corrected chi connectivity index (χ4v) is 12.0. The Morgan fingerprint density at radius 1 is 0.233 bits per heavy atom. The van der Waals surface area contributed by atoms with Gasteiger partial charge in [0.2, 0.25) is 0 Å². The zero-order chi connectivity index (χ0) is 40.1. The van der Waals surface area contributed by atoms with Gasteiger partial charge in [0, 0.05) is 10.8 Å². The van der Waals surface area contributed by atoms with E-state index in [-0.39, 0.29) is 10.8 Å². The molecule has 2 aliphatic carbocycles. The number of benzene rings is 11. The van der Waals surface area contributed by atoms with Crippen LogP contribution < -0.4 is 0 Å². The summed E-state index contributed by atoms with van der Waals surface area (Å²) in [6, 6.07) is 69.0. The molecule has 0 bridgehead atoms. The Morgan fingerprint density at radius 3 is 1.07 bits per heavy atom. The van der Waals surface area contributed by atoms with Crippen molar-refractivity contribution in [1.82, 2.24) is 0 Å². The van der Waals surface area contributed by atoms with E-state index in [4.69, 9.17) is 0 Å². The highest BCUT2D eigenvalue weighted by Gasteiger charge is 2.41. The van der Waals surface area contributed by atoms with Gasteiger partial charge in [0.25, 0.3) is 0 Å². The van der Waals surface area contributed by atoms with Crippen LogP contribution in [0.1, 0.15) is 49.9 Å². The van der Waals surface area contributed by atoms with Gasteiger partial charge in [0.1, 0.15) is 0 Å². The molecular formula is C60H42. The Labute approximate surface area is 350 Å². The van der Waals surface area contributed by atoms with Crippen LogP contribution in [0, 0.1) is 0 Å². The molecule has 60 heavy (non-hydrogen) atoms. The van der Waals surface area contributed by atoms with Gasteiger partial charge in [-0.15, -0.1) is 0 Å². The summed E-state index contributed by atoms with van der Waals surface area (Å²) in [6.07, 6.45) is 0. The first-order valence-corrected chi connectivity index (χ1v) is 21.4. The maximum absolute atomic E-state index is 2.58. The van der Waals surface area contributed by atoms with Gasteiger partial charge >= 0.3 is 0 Å². The summed E-state index contributed by atoms with van der Waals surface area (Å²) in [5.74, 6) is 0. The summed E-state index contributed by atoms with van der Waals surface area (Å²) in [5, 5.41) is 15.7. The zero-order valence-corrected chi connectivity index (χ0v) is 34.3. The number of fused-ring (bicyclic) bond motifs is 17. The quantitative estimate of drug-likeness (QED) is 0.122. The second-order valence-corrected chi connectivity index (χ2v) is 18.3. The topological polar surface area (TPSA) is 0 Å². The molecule has 0 aromatic heterocycles. The SMILES string of the molecule is CC1(C)c2ccccc2-c2c1cc(-c1c3ccccc3c(-c3cc4c(c5ccccc35)-c3c(c5ccccc5c5ccccc35)C4(C)C)c3ccccc13)c1ccccc21. The maximum Gasteiger partial charge on any atom is 0.0165 e. The monoisotopic (exact) mass is 762 g/mol. The molecule has 0 N–H and O–H groups in total. The third kappa shape index (κ3) is 4.21. The highest BCUT2D eigenvalue weighted by molar-refractivity contribution is 6.28. The Hall–Kier alpha value is -7.02. The molecular weight excluding hydrogens is 721 g/mol. The number of hydrogen-bond donors (Lipinski definition) is 0. The first-order chi connectivity index (χ1) is 29.3. The molecule has 0 radical (unpaired) electrons. The van der Waals surface area contributed by atoms with Crippen molar-refractivity contribution < 1.29 is 0 Å². The Bertz CT molecular complexity index is 3650. The van der Waals surface area contributed by atoms with E-state index < -0.39 is 0 Å². The summed E-state index contributed by atoms with van der Waals surface area (Å²) < 4.78 is 0. The molecule has 0 heteroatoms. The van der Waals surface area contributed by atoms with Gasteiger partial charge in [-0.1, -0.05) is 198 Å². The third-order valence-electron chi connectivity index (χ3n) is 14.6. The minimum absolute atomic E-state index is 0.124. The first kappa shape index (κ1) is 33.9. The highest BCUT2D eigenvalue weighted by Crippen LogP contribution is 2.59. The summed E-state index contributed by atoms with van der Waals surface area (Å²) >= 11 is 0. The van der Waals surface area contributed by atoms with E-state index in [1.807, 2.05) is 0 Å². The van der Waals surface area contributed by atoms with Crippen molar-refractivity contribution in [1.29, 1.82) is 0 Å².